The van der Waals surface area contributed by atoms with Gasteiger partial charge in [-0.1, -0.05) is 57.1 Å². The molecule has 0 fully saturated rings. The van der Waals surface area contributed by atoms with Crippen molar-refractivity contribution < 1.29 is 0 Å². The molecule has 0 bridgehead atoms. The molecule has 2 nitrogen and oxygen atoms in total. The van der Waals surface area contributed by atoms with E-state index < -0.39 is 0 Å². The van der Waals surface area contributed by atoms with Crippen molar-refractivity contribution in [1.82, 2.24) is 9.97 Å². The Hall–Kier alpha value is -1.48. The zero-order valence-corrected chi connectivity index (χ0v) is 12.4. The van der Waals surface area contributed by atoms with Gasteiger partial charge in [0.25, 0.3) is 0 Å². The van der Waals surface area contributed by atoms with Crippen LogP contribution in [0.4, 0.5) is 0 Å². The molecule has 0 radical (unpaired) electrons. The van der Waals surface area contributed by atoms with Gasteiger partial charge in [0.05, 0.1) is 12.0 Å². The maximum absolute atomic E-state index is 5.36. The van der Waals surface area contributed by atoms with E-state index in [2.05, 4.69) is 48.1 Å². The van der Waals surface area contributed by atoms with Crippen LogP contribution in [0.15, 0.2) is 30.6 Å². The molecule has 0 aliphatic carbocycles. The summed E-state index contributed by atoms with van der Waals surface area (Å²) < 4.78 is 0.719. The van der Waals surface area contributed by atoms with Crippen molar-refractivity contribution in [2.24, 2.45) is 0 Å². The largest absolute Gasteiger partial charge is 0.346 e. The Kier molecular flexibility index (Phi) is 4.86. The molecular weight excluding hydrogens is 252 g/mol. The lowest BCUT2D eigenvalue weighted by atomic mass is 10.0. The number of nitrogens with zero attached hydrogens (tertiary/aromatic N) is 1. The molecule has 0 saturated heterocycles. The lowest BCUT2D eigenvalue weighted by Crippen LogP contribution is -1.97. The number of hydrogen-bond acceptors (Lipinski definition) is 2. The zero-order chi connectivity index (χ0) is 13.7. The molecule has 2 aromatic rings. The van der Waals surface area contributed by atoms with E-state index in [9.17, 15) is 0 Å². The van der Waals surface area contributed by atoms with Crippen molar-refractivity contribution >= 4 is 12.2 Å². The van der Waals surface area contributed by atoms with E-state index in [1.165, 1.54) is 11.1 Å². The summed E-state index contributed by atoms with van der Waals surface area (Å²) in [6, 6.07) is 8.69. The van der Waals surface area contributed by atoms with Gasteiger partial charge in [0, 0.05) is 5.56 Å². The first kappa shape index (κ1) is 13.9. The van der Waals surface area contributed by atoms with Crippen molar-refractivity contribution in [2.75, 3.05) is 0 Å². The molecule has 0 spiro atoms. The number of rotatable bonds is 5. The van der Waals surface area contributed by atoms with Crippen LogP contribution in [0.25, 0.3) is 11.3 Å². The van der Waals surface area contributed by atoms with Gasteiger partial charge in [0.2, 0.25) is 0 Å². The molecule has 100 valence electrons. The molecule has 19 heavy (non-hydrogen) atoms. The van der Waals surface area contributed by atoms with Gasteiger partial charge in [-0.15, -0.1) is 0 Å². The maximum atomic E-state index is 5.36. The number of H-pyrrole nitrogens is 1. The Morgan fingerprint density at radius 1 is 1.16 bits per heavy atom. The maximum Gasteiger partial charge on any atom is 0.133 e. The van der Waals surface area contributed by atoms with Crippen LogP contribution >= 0.6 is 12.2 Å². The topological polar surface area (TPSA) is 28.7 Å². The summed E-state index contributed by atoms with van der Waals surface area (Å²) in [5.74, 6) is 0. The number of nitrogens with one attached hydrogen (secondary N) is 1. The molecule has 0 aliphatic rings. The van der Waals surface area contributed by atoms with Crippen molar-refractivity contribution in [3.63, 3.8) is 0 Å². The molecule has 3 heteroatoms. The SMILES string of the molecule is CCCc1cccc(-c2[nH]cnc(=S)c2CCC)c1. The lowest BCUT2D eigenvalue weighted by Gasteiger charge is -2.10. The summed E-state index contributed by atoms with van der Waals surface area (Å²) >= 11 is 5.36. The fraction of sp³-hybridized carbons (Fsp3) is 0.375. The quantitative estimate of drug-likeness (QED) is 0.798. The highest BCUT2D eigenvalue weighted by molar-refractivity contribution is 7.71. The molecule has 2 rings (SSSR count). The second-order valence-corrected chi connectivity index (χ2v) is 5.15. The highest BCUT2D eigenvalue weighted by atomic mass is 32.1. The van der Waals surface area contributed by atoms with Gasteiger partial charge in [0.15, 0.2) is 0 Å². The monoisotopic (exact) mass is 272 g/mol. The summed E-state index contributed by atoms with van der Waals surface area (Å²) in [4.78, 5) is 7.47. The molecule has 1 aromatic carbocycles. The number of aromatic amines is 1. The fourth-order valence-electron chi connectivity index (χ4n) is 2.34. The Bertz CT molecular complexity index is 602. The summed E-state index contributed by atoms with van der Waals surface area (Å²) in [7, 11) is 0. The Balaban J connectivity index is 2.49. The molecule has 0 aliphatic heterocycles. The second kappa shape index (κ2) is 6.62. The summed E-state index contributed by atoms with van der Waals surface area (Å²) in [6.07, 6.45) is 6.02. The second-order valence-electron chi connectivity index (χ2n) is 4.76. The fourth-order valence-corrected chi connectivity index (χ4v) is 2.59. The van der Waals surface area contributed by atoms with Gasteiger partial charge < -0.3 is 4.98 Å². The molecule has 0 saturated carbocycles. The van der Waals surface area contributed by atoms with Crippen LogP contribution in [-0.4, -0.2) is 9.97 Å². The van der Waals surface area contributed by atoms with Crippen molar-refractivity contribution in [2.45, 2.75) is 39.5 Å². The van der Waals surface area contributed by atoms with E-state index in [0.717, 1.165) is 41.6 Å². The molecule has 1 aromatic heterocycles. The minimum atomic E-state index is 0.719. The van der Waals surface area contributed by atoms with Crippen LogP contribution in [0.2, 0.25) is 0 Å². The van der Waals surface area contributed by atoms with E-state index in [1.807, 2.05) is 0 Å². The van der Waals surface area contributed by atoms with E-state index >= 15 is 0 Å². The Morgan fingerprint density at radius 3 is 2.68 bits per heavy atom. The van der Waals surface area contributed by atoms with Gasteiger partial charge in [-0.05, 0) is 30.0 Å². The van der Waals surface area contributed by atoms with Crippen molar-refractivity contribution in [1.29, 1.82) is 0 Å². The van der Waals surface area contributed by atoms with Gasteiger partial charge in [-0.2, -0.15) is 0 Å². The first-order valence-corrected chi connectivity index (χ1v) is 7.33. The number of aromatic nitrogens is 2. The average molecular weight is 272 g/mol. The lowest BCUT2D eigenvalue weighted by molar-refractivity contribution is 0.897. The van der Waals surface area contributed by atoms with Crippen LogP contribution in [0.5, 0.6) is 0 Å². The smallest absolute Gasteiger partial charge is 0.133 e. The van der Waals surface area contributed by atoms with Gasteiger partial charge in [-0.3, -0.25) is 0 Å². The van der Waals surface area contributed by atoms with E-state index in [-0.39, 0.29) is 0 Å². The van der Waals surface area contributed by atoms with Crippen LogP contribution in [-0.2, 0) is 12.8 Å². The van der Waals surface area contributed by atoms with Gasteiger partial charge in [0.1, 0.15) is 4.64 Å². The minimum absolute atomic E-state index is 0.719. The molecule has 0 unspecified atom stereocenters. The van der Waals surface area contributed by atoms with Crippen LogP contribution in [0.1, 0.15) is 37.8 Å². The predicted molar refractivity (Wildman–Crippen MR) is 82.8 cm³/mol. The molecule has 1 N–H and O–H groups in total. The van der Waals surface area contributed by atoms with E-state index in [0.29, 0.717) is 0 Å². The third-order valence-electron chi connectivity index (χ3n) is 3.20. The highest BCUT2D eigenvalue weighted by Crippen LogP contribution is 2.24. The first-order valence-electron chi connectivity index (χ1n) is 6.92. The van der Waals surface area contributed by atoms with Gasteiger partial charge in [-0.25, -0.2) is 4.98 Å². The third kappa shape index (κ3) is 3.29. The van der Waals surface area contributed by atoms with Crippen LogP contribution in [0, 0.1) is 4.64 Å². The number of benzene rings is 1. The number of hydrogen-bond donors (Lipinski definition) is 1. The molecule has 0 amide bonds. The normalized spacial score (nSPS) is 10.6. The average Bonchev–Trinajstić information content (AvgIpc) is 2.42. The predicted octanol–water partition coefficient (Wildman–Crippen LogP) is 4.71. The Morgan fingerprint density at radius 2 is 1.95 bits per heavy atom. The summed E-state index contributed by atoms with van der Waals surface area (Å²) in [5, 5.41) is 0. The molecular formula is C16H20N2S. The standard InChI is InChI=1S/C16H20N2S/c1-3-6-12-8-5-9-13(10-12)15-14(7-4-2)16(19)18-11-17-15/h5,8-11H,3-4,6-7H2,1-2H3,(H,17,18,19). The third-order valence-corrected chi connectivity index (χ3v) is 3.56. The highest BCUT2D eigenvalue weighted by Gasteiger charge is 2.07. The molecule has 0 atom stereocenters. The zero-order valence-electron chi connectivity index (χ0n) is 11.6. The minimum Gasteiger partial charge on any atom is -0.346 e. The molecule has 1 heterocycles. The number of aryl methyl sites for hydroxylation is 1. The Labute approximate surface area is 119 Å². The first-order chi connectivity index (χ1) is 9.26. The van der Waals surface area contributed by atoms with Crippen molar-refractivity contribution in [3.8, 4) is 11.3 Å². The van der Waals surface area contributed by atoms with Crippen LogP contribution < -0.4 is 0 Å². The van der Waals surface area contributed by atoms with Gasteiger partial charge >= 0.3 is 0 Å². The van der Waals surface area contributed by atoms with Crippen LogP contribution in [0.3, 0.4) is 0 Å². The van der Waals surface area contributed by atoms with E-state index in [4.69, 9.17) is 12.2 Å². The summed E-state index contributed by atoms with van der Waals surface area (Å²) in [6.45, 7) is 4.37. The van der Waals surface area contributed by atoms with Crippen molar-refractivity contribution in [3.05, 3.63) is 46.4 Å². The summed E-state index contributed by atoms with van der Waals surface area (Å²) in [5.41, 5.74) is 4.87. The van der Waals surface area contributed by atoms with E-state index in [1.54, 1.807) is 6.33 Å².